The maximum absolute atomic E-state index is 12.4. The van der Waals surface area contributed by atoms with Crippen LogP contribution in [0.3, 0.4) is 0 Å². The fraction of sp³-hybridized carbons (Fsp3) is 0.263. The summed E-state index contributed by atoms with van der Waals surface area (Å²) >= 11 is 3.39. The van der Waals surface area contributed by atoms with Crippen LogP contribution in [0.2, 0.25) is 0 Å². The molecule has 0 aromatic heterocycles. The zero-order valence-corrected chi connectivity index (χ0v) is 15.3. The third-order valence-electron chi connectivity index (χ3n) is 4.11. The van der Waals surface area contributed by atoms with Crippen LogP contribution in [0.4, 0.5) is 11.4 Å². The van der Waals surface area contributed by atoms with E-state index >= 15 is 0 Å². The first-order valence-corrected chi connectivity index (χ1v) is 8.77. The Bertz CT molecular complexity index is 802. The third-order valence-corrected chi connectivity index (χ3v) is 4.80. The molecule has 5 heteroatoms. The molecule has 1 aliphatic heterocycles. The molecule has 4 nitrogen and oxygen atoms in total. The molecular weight excluding hydrogens is 368 g/mol. The number of halogens is 1. The first kappa shape index (κ1) is 16.7. The molecule has 2 amide bonds. The van der Waals surface area contributed by atoms with Gasteiger partial charge in [-0.25, -0.2) is 0 Å². The molecule has 0 atom stereocenters. The summed E-state index contributed by atoms with van der Waals surface area (Å²) in [5, 5.41) is 2.92. The number of carbonyl (C=O) groups is 2. The topological polar surface area (TPSA) is 49.4 Å². The van der Waals surface area contributed by atoms with Gasteiger partial charge in [-0.1, -0.05) is 26.0 Å². The fourth-order valence-electron chi connectivity index (χ4n) is 2.86. The molecule has 0 unspecified atom stereocenters. The van der Waals surface area contributed by atoms with Gasteiger partial charge in [-0.2, -0.15) is 0 Å². The summed E-state index contributed by atoms with van der Waals surface area (Å²) in [6, 6.07) is 13.0. The molecule has 1 N–H and O–H groups in total. The van der Waals surface area contributed by atoms with Crippen LogP contribution >= 0.6 is 15.9 Å². The predicted octanol–water partition coefficient (Wildman–Crippen LogP) is 4.25. The average molecular weight is 387 g/mol. The van der Waals surface area contributed by atoms with Gasteiger partial charge < -0.3 is 10.2 Å². The number of hydrogen-bond acceptors (Lipinski definition) is 2. The number of rotatable bonds is 3. The third kappa shape index (κ3) is 3.22. The standard InChI is InChI=1S/C19H19BrN2O2/c1-12(2)19(24)22-10-9-13-11-14(7-8-17(13)22)21-18(23)15-5-3-4-6-16(15)20/h3-8,11-12H,9-10H2,1-2H3,(H,21,23). The molecule has 0 fully saturated rings. The normalized spacial score (nSPS) is 13.1. The minimum absolute atomic E-state index is 0.0224. The molecule has 1 aliphatic rings. The Morgan fingerprint density at radius 2 is 1.92 bits per heavy atom. The number of anilines is 2. The van der Waals surface area contributed by atoms with Crippen LogP contribution in [0.5, 0.6) is 0 Å². The van der Waals surface area contributed by atoms with Crippen LogP contribution in [0.15, 0.2) is 46.9 Å². The first-order valence-electron chi connectivity index (χ1n) is 7.97. The molecule has 0 bridgehead atoms. The van der Waals surface area contributed by atoms with E-state index in [1.807, 2.05) is 55.1 Å². The highest BCUT2D eigenvalue weighted by atomic mass is 79.9. The first-order chi connectivity index (χ1) is 11.5. The van der Waals surface area contributed by atoms with Crippen LogP contribution in [0, 0.1) is 5.92 Å². The molecule has 0 radical (unpaired) electrons. The molecule has 0 saturated heterocycles. The number of carbonyl (C=O) groups excluding carboxylic acids is 2. The van der Waals surface area contributed by atoms with Gasteiger partial charge in [0.15, 0.2) is 0 Å². The molecule has 2 aromatic rings. The van der Waals surface area contributed by atoms with E-state index in [-0.39, 0.29) is 17.7 Å². The Morgan fingerprint density at radius 3 is 2.62 bits per heavy atom. The monoisotopic (exact) mass is 386 g/mol. The summed E-state index contributed by atoms with van der Waals surface area (Å²) in [5.74, 6) is -0.0416. The van der Waals surface area contributed by atoms with Crippen molar-refractivity contribution in [2.24, 2.45) is 5.92 Å². The minimum atomic E-state index is -0.157. The lowest BCUT2D eigenvalue weighted by Crippen LogP contribution is -2.32. The van der Waals surface area contributed by atoms with E-state index in [0.717, 1.165) is 27.8 Å². The Hall–Kier alpha value is -2.14. The number of nitrogens with zero attached hydrogens (tertiary/aromatic N) is 1. The Kier molecular flexibility index (Phi) is 4.71. The summed E-state index contributed by atoms with van der Waals surface area (Å²) in [7, 11) is 0. The summed E-state index contributed by atoms with van der Waals surface area (Å²) < 4.78 is 0.761. The van der Waals surface area contributed by atoms with E-state index in [9.17, 15) is 9.59 Å². The van der Waals surface area contributed by atoms with Crippen LogP contribution in [0.1, 0.15) is 29.8 Å². The predicted molar refractivity (Wildman–Crippen MR) is 99.4 cm³/mol. The molecule has 0 spiro atoms. The second-order valence-corrected chi connectivity index (χ2v) is 7.03. The molecule has 2 aromatic carbocycles. The van der Waals surface area contributed by atoms with Crippen LogP contribution < -0.4 is 10.2 Å². The van der Waals surface area contributed by atoms with Gasteiger partial charge in [0, 0.05) is 28.3 Å². The van der Waals surface area contributed by atoms with Crippen molar-refractivity contribution in [3.63, 3.8) is 0 Å². The van der Waals surface area contributed by atoms with Crippen molar-refractivity contribution in [3.8, 4) is 0 Å². The second kappa shape index (κ2) is 6.77. The van der Waals surface area contributed by atoms with Crippen molar-refractivity contribution in [2.45, 2.75) is 20.3 Å². The van der Waals surface area contributed by atoms with E-state index in [1.165, 1.54) is 0 Å². The number of nitrogens with one attached hydrogen (secondary N) is 1. The van der Waals surface area contributed by atoms with E-state index < -0.39 is 0 Å². The van der Waals surface area contributed by atoms with Crippen LogP contribution in [0.25, 0.3) is 0 Å². The van der Waals surface area contributed by atoms with Gasteiger partial charge in [-0.3, -0.25) is 9.59 Å². The van der Waals surface area contributed by atoms with Gasteiger partial charge in [0.2, 0.25) is 5.91 Å². The SMILES string of the molecule is CC(C)C(=O)N1CCc2cc(NC(=O)c3ccccc3Br)ccc21. The average Bonchev–Trinajstić information content (AvgIpc) is 2.97. The molecule has 0 saturated carbocycles. The molecule has 3 rings (SSSR count). The lowest BCUT2D eigenvalue weighted by Gasteiger charge is -2.19. The fourth-order valence-corrected chi connectivity index (χ4v) is 3.33. The maximum Gasteiger partial charge on any atom is 0.256 e. The second-order valence-electron chi connectivity index (χ2n) is 6.17. The Balaban J connectivity index is 1.80. The van der Waals surface area contributed by atoms with E-state index in [1.54, 1.807) is 6.07 Å². The molecule has 1 heterocycles. The smallest absolute Gasteiger partial charge is 0.256 e. The van der Waals surface area contributed by atoms with Crippen molar-refractivity contribution >= 4 is 39.1 Å². The van der Waals surface area contributed by atoms with E-state index in [0.29, 0.717) is 12.1 Å². The van der Waals surface area contributed by atoms with Gasteiger partial charge in [0.1, 0.15) is 0 Å². The zero-order chi connectivity index (χ0) is 17.3. The molecular formula is C19H19BrN2O2. The number of fused-ring (bicyclic) bond motifs is 1. The van der Waals surface area contributed by atoms with Crippen LogP contribution in [-0.4, -0.2) is 18.4 Å². The number of benzene rings is 2. The Labute approximate surface area is 150 Å². The van der Waals surface area contributed by atoms with Crippen molar-refractivity contribution in [3.05, 3.63) is 58.1 Å². The Morgan fingerprint density at radius 1 is 1.17 bits per heavy atom. The van der Waals surface area contributed by atoms with Gasteiger partial charge >= 0.3 is 0 Å². The van der Waals surface area contributed by atoms with Crippen molar-refractivity contribution in [1.29, 1.82) is 0 Å². The van der Waals surface area contributed by atoms with Crippen LogP contribution in [-0.2, 0) is 11.2 Å². The summed E-state index contributed by atoms with van der Waals surface area (Å²) in [6.45, 7) is 4.52. The van der Waals surface area contributed by atoms with E-state index in [2.05, 4.69) is 21.2 Å². The quantitative estimate of drug-likeness (QED) is 0.856. The number of hydrogen-bond donors (Lipinski definition) is 1. The lowest BCUT2D eigenvalue weighted by atomic mass is 10.1. The molecule has 24 heavy (non-hydrogen) atoms. The summed E-state index contributed by atoms with van der Waals surface area (Å²) in [6.07, 6.45) is 0.812. The van der Waals surface area contributed by atoms with Crippen molar-refractivity contribution in [1.82, 2.24) is 0 Å². The van der Waals surface area contributed by atoms with Gasteiger partial charge in [-0.15, -0.1) is 0 Å². The van der Waals surface area contributed by atoms with Gasteiger partial charge in [0.05, 0.1) is 5.56 Å². The van der Waals surface area contributed by atoms with E-state index in [4.69, 9.17) is 0 Å². The van der Waals surface area contributed by atoms with Crippen molar-refractivity contribution in [2.75, 3.05) is 16.8 Å². The lowest BCUT2D eigenvalue weighted by molar-refractivity contribution is -0.121. The highest BCUT2D eigenvalue weighted by Gasteiger charge is 2.26. The highest BCUT2D eigenvalue weighted by Crippen LogP contribution is 2.31. The van der Waals surface area contributed by atoms with Gasteiger partial charge in [-0.05, 0) is 58.2 Å². The largest absolute Gasteiger partial charge is 0.322 e. The minimum Gasteiger partial charge on any atom is -0.322 e. The molecule has 124 valence electrons. The highest BCUT2D eigenvalue weighted by molar-refractivity contribution is 9.10. The zero-order valence-electron chi connectivity index (χ0n) is 13.7. The van der Waals surface area contributed by atoms with Gasteiger partial charge in [0.25, 0.3) is 5.91 Å². The molecule has 0 aliphatic carbocycles. The number of amides is 2. The summed E-state index contributed by atoms with van der Waals surface area (Å²) in [4.78, 5) is 26.5. The maximum atomic E-state index is 12.4. The summed E-state index contributed by atoms with van der Waals surface area (Å²) in [5.41, 5.74) is 3.38. The van der Waals surface area contributed by atoms with Crippen molar-refractivity contribution < 1.29 is 9.59 Å².